The quantitative estimate of drug-likeness (QED) is 0.487. The number of thioether (sulfide) groups is 1. The van der Waals surface area contributed by atoms with Crippen LogP contribution >= 0.6 is 11.8 Å². The molecule has 0 N–H and O–H groups in total. The minimum Gasteiger partial charge on any atom is -0.461 e. The summed E-state index contributed by atoms with van der Waals surface area (Å²) in [6.07, 6.45) is 1.62. The van der Waals surface area contributed by atoms with Gasteiger partial charge in [0, 0.05) is 12.6 Å². The number of benzene rings is 1. The van der Waals surface area contributed by atoms with E-state index in [1.165, 1.54) is 17.3 Å². The lowest BCUT2D eigenvalue weighted by Gasteiger charge is -2.06. The third-order valence-corrected chi connectivity index (χ3v) is 5.07. The molecule has 0 saturated carbocycles. The number of hydrogen-bond acceptors (Lipinski definition) is 7. The summed E-state index contributed by atoms with van der Waals surface area (Å²) in [5.74, 6) is 2.42. The second-order valence-corrected chi connectivity index (χ2v) is 7.22. The van der Waals surface area contributed by atoms with Crippen LogP contribution in [0.4, 0.5) is 0 Å². The van der Waals surface area contributed by atoms with E-state index >= 15 is 0 Å². The van der Waals surface area contributed by atoms with Gasteiger partial charge in [-0.25, -0.2) is 0 Å². The van der Waals surface area contributed by atoms with Crippen LogP contribution in [0.3, 0.4) is 0 Å². The normalized spacial score (nSPS) is 12.4. The van der Waals surface area contributed by atoms with Gasteiger partial charge in [0.05, 0.1) is 11.5 Å². The Balaban J connectivity index is 1.52. The Morgan fingerprint density at radius 2 is 1.85 bits per heavy atom. The molecule has 132 valence electrons. The zero-order chi connectivity index (χ0) is 18.1. The van der Waals surface area contributed by atoms with Gasteiger partial charge in [-0.2, -0.15) is 0 Å². The lowest BCUT2D eigenvalue weighted by molar-refractivity contribution is 0.508. The van der Waals surface area contributed by atoms with Crippen molar-refractivity contribution < 1.29 is 8.83 Å². The lowest BCUT2D eigenvalue weighted by Crippen LogP contribution is -1.96. The molecule has 4 aromatic rings. The first kappa shape index (κ1) is 16.6. The second kappa shape index (κ2) is 6.80. The molecule has 26 heavy (non-hydrogen) atoms. The summed E-state index contributed by atoms with van der Waals surface area (Å²) in [4.78, 5) is 0. The van der Waals surface area contributed by atoms with E-state index in [-0.39, 0.29) is 5.25 Å². The average Bonchev–Trinajstić information content (AvgIpc) is 3.37. The highest BCUT2D eigenvalue weighted by Crippen LogP contribution is 2.35. The third-order valence-electron chi connectivity index (χ3n) is 3.95. The van der Waals surface area contributed by atoms with Crippen molar-refractivity contribution >= 4 is 11.8 Å². The van der Waals surface area contributed by atoms with Crippen LogP contribution in [0, 0.1) is 6.92 Å². The molecule has 7 nitrogen and oxygen atoms in total. The van der Waals surface area contributed by atoms with Crippen LogP contribution in [0.25, 0.3) is 23.0 Å². The molecular formula is C18H17N5O2S. The van der Waals surface area contributed by atoms with Crippen molar-refractivity contribution in [3.8, 4) is 23.0 Å². The molecule has 0 radical (unpaired) electrons. The monoisotopic (exact) mass is 367 g/mol. The Morgan fingerprint density at radius 3 is 2.58 bits per heavy atom. The summed E-state index contributed by atoms with van der Waals surface area (Å²) in [7, 11) is 1.90. The van der Waals surface area contributed by atoms with Crippen LogP contribution in [0.2, 0.25) is 0 Å². The highest BCUT2D eigenvalue weighted by molar-refractivity contribution is 7.99. The lowest BCUT2D eigenvalue weighted by atomic mass is 10.1. The van der Waals surface area contributed by atoms with Crippen molar-refractivity contribution in [1.29, 1.82) is 0 Å². The van der Waals surface area contributed by atoms with Crippen molar-refractivity contribution in [2.45, 2.75) is 24.3 Å². The van der Waals surface area contributed by atoms with Gasteiger partial charge in [0.25, 0.3) is 0 Å². The molecule has 0 fully saturated rings. The van der Waals surface area contributed by atoms with Gasteiger partial charge in [-0.05, 0) is 38.1 Å². The summed E-state index contributed by atoms with van der Waals surface area (Å²) in [5.41, 5.74) is 2.09. The number of aryl methyl sites for hydroxylation is 1. The fraction of sp³-hybridized carbons (Fsp3) is 0.222. The molecule has 1 atom stereocenters. The van der Waals surface area contributed by atoms with Gasteiger partial charge in [0.1, 0.15) is 0 Å². The van der Waals surface area contributed by atoms with E-state index in [0.29, 0.717) is 23.4 Å². The second-order valence-electron chi connectivity index (χ2n) is 5.91. The number of rotatable bonds is 5. The van der Waals surface area contributed by atoms with Gasteiger partial charge in [-0.1, -0.05) is 29.5 Å². The van der Waals surface area contributed by atoms with E-state index in [1.807, 2.05) is 61.9 Å². The standard InChI is InChI=1S/C18H17N5O2S/c1-11-6-8-13(9-7-11)17-21-20-16(25-17)12(2)26-18-22-19-15(23(18)3)14-5-4-10-24-14/h4-10,12H,1-3H3. The Morgan fingerprint density at radius 1 is 1.04 bits per heavy atom. The van der Waals surface area contributed by atoms with Gasteiger partial charge in [-0.15, -0.1) is 20.4 Å². The fourth-order valence-corrected chi connectivity index (χ4v) is 3.30. The van der Waals surface area contributed by atoms with Gasteiger partial charge in [0.15, 0.2) is 16.7 Å². The van der Waals surface area contributed by atoms with Crippen molar-refractivity contribution in [1.82, 2.24) is 25.0 Å². The van der Waals surface area contributed by atoms with E-state index in [0.717, 1.165) is 10.7 Å². The molecule has 0 aliphatic heterocycles. The fourth-order valence-electron chi connectivity index (χ4n) is 2.46. The van der Waals surface area contributed by atoms with Crippen LogP contribution in [0.1, 0.15) is 23.6 Å². The summed E-state index contributed by atoms with van der Waals surface area (Å²) in [6.45, 7) is 4.04. The summed E-state index contributed by atoms with van der Waals surface area (Å²) >= 11 is 1.50. The largest absolute Gasteiger partial charge is 0.461 e. The molecule has 0 bridgehead atoms. The minimum absolute atomic E-state index is 0.0611. The van der Waals surface area contributed by atoms with Crippen LogP contribution in [0.5, 0.6) is 0 Å². The minimum atomic E-state index is -0.0611. The van der Waals surface area contributed by atoms with E-state index in [2.05, 4.69) is 20.4 Å². The van der Waals surface area contributed by atoms with Crippen LogP contribution in [0.15, 0.2) is 56.7 Å². The van der Waals surface area contributed by atoms with E-state index in [4.69, 9.17) is 8.83 Å². The smallest absolute Gasteiger partial charge is 0.247 e. The predicted octanol–water partition coefficient (Wildman–Crippen LogP) is 4.29. The number of furan rings is 1. The van der Waals surface area contributed by atoms with E-state index in [9.17, 15) is 0 Å². The molecule has 0 aliphatic rings. The highest BCUT2D eigenvalue weighted by atomic mass is 32.2. The predicted molar refractivity (Wildman–Crippen MR) is 97.4 cm³/mol. The van der Waals surface area contributed by atoms with Gasteiger partial charge in [-0.3, -0.25) is 0 Å². The Hall–Kier alpha value is -2.87. The first-order valence-electron chi connectivity index (χ1n) is 8.12. The molecule has 0 amide bonds. The number of nitrogens with zero attached hydrogens (tertiary/aromatic N) is 5. The average molecular weight is 367 g/mol. The number of hydrogen-bond donors (Lipinski definition) is 0. The van der Waals surface area contributed by atoms with E-state index < -0.39 is 0 Å². The van der Waals surface area contributed by atoms with Crippen molar-refractivity contribution in [3.05, 3.63) is 54.1 Å². The molecule has 1 aromatic carbocycles. The van der Waals surface area contributed by atoms with Crippen LogP contribution < -0.4 is 0 Å². The maximum atomic E-state index is 5.84. The molecule has 1 unspecified atom stereocenters. The molecule has 3 heterocycles. The zero-order valence-electron chi connectivity index (χ0n) is 14.6. The Bertz CT molecular complexity index is 1000. The van der Waals surface area contributed by atoms with Crippen molar-refractivity contribution in [2.24, 2.45) is 7.05 Å². The summed E-state index contributed by atoms with van der Waals surface area (Å²) in [6, 6.07) is 11.7. The van der Waals surface area contributed by atoms with Crippen molar-refractivity contribution in [3.63, 3.8) is 0 Å². The molecule has 0 saturated heterocycles. The topological polar surface area (TPSA) is 82.8 Å². The number of aromatic nitrogens is 5. The molecule has 0 spiro atoms. The maximum absolute atomic E-state index is 5.84. The van der Waals surface area contributed by atoms with Crippen molar-refractivity contribution in [2.75, 3.05) is 0 Å². The molecule has 3 aromatic heterocycles. The SMILES string of the molecule is Cc1ccc(-c2nnc(C(C)Sc3nnc(-c4ccco4)n3C)o2)cc1. The highest BCUT2D eigenvalue weighted by Gasteiger charge is 2.20. The van der Waals surface area contributed by atoms with Gasteiger partial charge < -0.3 is 13.4 Å². The molecule has 4 rings (SSSR count). The van der Waals surface area contributed by atoms with E-state index in [1.54, 1.807) is 6.26 Å². The Kier molecular flexibility index (Phi) is 4.34. The Labute approximate surface area is 154 Å². The first-order valence-corrected chi connectivity index (χ1v) is 9.00. The van der Waals surface area contributed by atoms with Crippen LogP contribution in [-0.4, -0.2) is 25.0 Å². The molecule has 0 aliphatic carbocycles. The first-order chi connectivity index (χ1) is 12.6. The maximum Gasteiger partial charge on any atom is 0.247 e. The zero-order valence-corrected chi connectivity index (χ0v) is 15.4. The molecule has 8 heteroatoms. The third kappa shape index (κ3) is 3.15. The summed E-state index contributed by atoms with van der Waals surface area (Å²) < 4.78 is 13.1. The van der Waals surface area contributed by atoms with Gasteiger partial charge >= 0.3 is 0 Å². The van der Waals surface area contributed by atoms with Crippen LogP contribution in [-0.2, 0) is 7.05 Å². The molecular weight excluding hydrogens is 350 g/mol. The van der Waals surface area contributed by atoms with Gasteiger partial charge in [0.2, 0.25) is 11.8 Å². The summed E-state index contributed by atoms with van der Waals surface area (Å²) in [5, 5.41) is 17.5.